The lowest BCUT2D eigenvalue weighted by molar-refractivity contribution is -0.385. The third-order valence-corrected chi connectivity index (χ3v) is 9.34. The van der Waals surface area contributed by atoms with Gasteiger partial charge in [-0.1, -0.05) is 0 Å². The average Bonchev–Trinajstić information content (AvgIpc) is 3.08. The molecule has 0 radical (unpaired) electrons. The van der Waals surface area contributed by atoms with Crippen molar-refractivity contribution in [2.45, 2.75) is 151 Å². The lowest BCUT2D eigenvalue weighted by Gasteiger charge is -2.48. The van der Waals surface area contributed by atoms with Gasteiger partial charge >= 0.3 is 0 Å². The maximum absolute atomic E-state index is 11.4. The smallest absolute Gasteiger partial charge is 0.229 e. The summed E-state index contributed by atoms with van der Waals surface area (Å²) < 4.78 is 51.3. The average molecular weight is 709 g/mol. The molecule has 9 N–H and O–H groups in total. The van der Waals surface area contributed by atoms with Crippen LogP contribution in [0.25, 0.3) is 0 Å². The molecular formula is C31H48O18. The second-order valence-corrected chi connectivity index (χ2v) is 12.8. The molecule has 18 nitrogen and oxygen atoms in total. The molecule has 4 aliphatic rings. The van der Waals surface area contributed by atoms with Crippen molar-refractivity contribution in [2.24, 2.45) is 0 Å². The van der Waals surface area contributed by atoms with Crippen LogP contribution in [0.2, 0.25) is 0 Å². The largest absolute Gasteiger partial charge is 0.497 e. The number of benzene rings is 1. The number of ether oxygens (including phenoxy) is 9. The zero-order chi connectivity index (χ0) is 35.9. The summed E-state index contributed by atoms with van der Waals surface area (Å²) in [6.45, 7) is 5.86. The maximum Gasteiger partial charge on any atom is 0.229 e. The highest BCUT2D eigenvalue weighted by Gasteiger charge is 2.54. The highest BCUT2D eigenvalue weighted by molar-refractivity contribution is 5.31. The van der Waals surface area contributed by atoms with Gasteiger partial charge in [0.05, 0.1) is 31.5 Å². The van der Waals surface area contributed by atoms with Gasteiger partial charge in [0, 0.05) is 0 Å². The third kappa shape index (κ3) is 8.00. The van der Waals surface area contributed by atoms with Crippen LogP contribution in [0.5, 0.6) is 11.5 Å². The van der Waals surface area contributed by atoms with E-state index in [9.17, 15) is 46.0 Å². The predicted molar refractivity (Wildman–Crippen MR) is 160 cm³/mol. The zero-order valence-corrected chi connectivity index (χ0v) is 27.6. The number of hydrogen-bond acceptors (Lipinski definition) is 18. The molecule has 20 atom stereocenters. The summed E-state index contributed by atoms with van der Waals surface area (Å²) in [5, 5.41) is 96.5. The van der Waals surface area contributed by atoms with Crippen LogP contribution in [-0.2, 0) is 33.2 Å². The van der Waals surface area contributed by atoms with E-state index in [1.807, 2.05) is 0 Å². The molecule has 18 heteroatoms. The molecule has 0 saturated carbocycles. The molecule has 0 bridgehead atoms. The minimum Gasteiger partial charge on any atom is -0.497 e. The van der Waals surface area contributed by atoms with Gasteiger partial charge in [0.25, 0.3) is 0 Å². The van der Waals surface area contributed by atoms with Crippen LogP contribution in [0.1, 0.15) is 27.7 Å². The van der Waals surface area contributed by atoms with E-state index in [2.05, 4.69) is 0 Å². The molecule has 5 rings (SSSR count). The minimum atomic E-state index is -1.80. The van der Waals surface area contributed by atoms with Gasteiger partial charge in [-0.05, 0) is 52.0 Å². The summed E-state index contributed by atoms with van der Waals surface area (Å²) in [7, 11) is 1.50. The first-order valence-corrected chi connectivity index (χ1v) is 16.1. The van der Waals surface area contributed by atoms with E-state index >= 15 is 0 Å². The standard InChI is InChI=1S/C31H48O18/c1-10-16(32)20(36)22(38)28(42-10)47-25-18(34)12(3)43-29(23(25)39)48-26-19(35)13(4)44-30(24(26)40)49-27-21(37)17(33)11(2)45-31(27)46-15-8-6-14(41-5)7-9-15/h6-13,16-40H,1-5H3/t10-,11-,12-,13-,16-,17+,18-,19-,20+,21+,22+,23+,24+,25+,26+,27+,28-,29-,30-,31-/m0/s1. The van der Waals surface area contributed by atoms with Crippen LogP contribution in [-0.4, -0.2) is 176 Å². The second kappa shape index (κ2) is 15.8. The van der Waals surface area contributed by atoms with E-state index in [0.29, 0.717) is 11.5 Å². The first-order valence-electron chi connectivity index (χ1n) is 16.1. The summed E-state index contributed by atoms with van der Waals surface area (Å²) in [4.78, 5) is 0. The Morgan fingerprint density at radius 2 is 0.776 bits per heavy atom. The highest BCUT2D eigenvalue weighted by atomic mass is 16.8. The fourth-order valence-corrected chi connectivity index (χ4v) is 6.16. The molecular weight excluding hydrogens is 660 g/mol. The summed E-state index contributed by atoms with van der Waals surface area (Å²) in [6.07, 6.45) is -29.0. The molecule has 0 amide bonds. The fraction of sp³-hybridized carbons (Fsp3) is 0.806. The molecule has 0 unspecified atom stereocenters. The Labute approximate surface area is 282 Å². The number of methoxy groups -OCH3 is 1. The van der Waals surface area contributed by atoms with Crippen molar-refractivity contribution < 1.29 is 88.6 Å². The molecule has 1 aromatic carbocycles. The summed E-state index contributed by atoms with van der Waals surface area (Å²) >= 11 is 0. The van der Waals surface area contributed by atoms with Crippen molar-refractivity contribution in [3.8, 4) is 11.5 Å². The van der Waals surface area contributed by atoms with Crippen molar-refractivity contribution in [2.75, 3.05) is 7.11 Å². The number of rotatable bonds is 9. The normalized spacial score (nSPS) is 49.3. The third-order valence-electron chi connectivity index (χ3n) is 9.34. The van der Waals surface area contributed by atoms with Crippen molar-refractivity contribution in [1.29, 1.82) is 0 Å². The minimum absolute atomic E-state index is 0.313. The molecule has 280 valence electrons. The number of aliphatic hydroxyl groups excluding tert-OH is 9. The SMILES string of the molecule is COc1ccc(O[C@@H]2O[C@@H](C)[C@@H](O)[C@@H](O)[C@H]2O[C@@H]2O[C@@H](C)[C@H](O)[C@@H](O[C@@H]3O[C@@H](C)[C@H](O)[C@@H](O[C@@H]4O[C@@H](C)[C@H](O)[C@@H](O)[C@H]4O)[C@H]3O)[C@H]2O)cc1. The molecule has 49 heavy (non-hydrogen) atoms. The van der Waals surface area contributed by atoms with Crippen molar-refractivity contribution in [3.05, 3.63) is 24.3 Å². The highest BCUT2D eigenvalue weighted by Crippen LogP contribution is 2.35. The Morgan fingerprint density at radius 1 is 0.408 bits per heavy atom. The molecule has 1 aromatic rings. The lowest BCUT2D eigenvalue weighted by Crippen LogP contribution is -2.66. The predicted octanol–water partition coefficient (Wildman–Crippen LogP) is -3.54. The summed E-state index contributed by atoms with van der Waals surface area (Å²) in [6, 6.07) is 6.45. The summed E-state index contributed by atoms with van der Waals surface area (Å²) in [5.74, 6) is 0.876. The van der Waals surface area contributed by atoms with E-state index in [0.717, 1.165) is 0 Å². The molecule has 0 spiro atoms. The molecule has 4 heterocycles. The van der Waals surface area contributed by atoms with E-state index in [1.54, 1.807) is 24.3 Å². The van der Waals surface area contributed by atoms with Crippen LogP contribution < -0.4 is 9.47 Å². The Morgan fingerprint density at radius 3 is 1.24 bits per heavy atom. The maximum atomic E-state index is 11.4. The van der Waals surface area contributed by atoms with Crippen LogP contribution in [0.15, 0.2) is 24.3 Å². The molecule has 4 saturated heterocycles. The van der Waals surface area contributed by atoms with Gasteiger partial charge in [-0.2, -0.15) is 0 Å². The Kier molecular flexibility index (Phi) is 12.4. The van der Waals surface area contributed by atoms with Crippen LogP contribution in [0.3, 0.4) is 0 Å². The summed E-state index contributed by atoms with van der Waals surface area (Å²) in [5.41, 5.74) is 0. The van der Waals surface area contributed by atoms with E-state index in [1.165, 1.54) is 34.8 Å². The lowest BCUT2D eigenvalue weighted by atomic mass is 9.96. The van der Waals surface area contributed by atoms with Gasteiger partial charge in [0.15, 0.2) is 25.0 Å². The monoisotopic (exact) mass is 708 g/mol. The van der Waals surface area contributed by atoms with Crippen molar-refractivity contribution >= 4 is 0 Å². The fourth-order valence-electron chi connectivity index (χ4n) is 6.16. The number of hydrogen-bond donors (Lipinski definition) is 9. The van der Waals surface area contributed by atoms with Crippen LogP contribution >= 0.6 is 0 Å². The van der Waals surface area contributed by atoms with Crippen LogP contribution in [0, 0.1) is 0 Å². The van der Waals surface area contributed by atoms with E-state index in [-0.39, 0.29) is 0 Å². The first-order chi connectivity index (χ1) is 23.1. The van der Waals surface area contributed by atoms with Gasteiger partial charge < -0.3 is 88.6 Å². The Bertz CT molecular complexity index is 1190. The van der Waals surface area contributed by atoms with Gasteiger partial charge in [0.1, 0.15) is 78.6 Å². The van der Waals surface area contributed by atoms with Gasteiger partial charge in [-0.25, -0.2) is 0 Å². The van der Waals surface area contributed by atoms with Crippen LogP contribution in [0.4, 0.5) is 0 Å². The Hall–Kier alpha value is -1.82. The zero-order valence-electron chi connectivity index (χ0n) is 27.6. The van der Waals surface area contributed by atoms with Gasteiger partial charge in [-0.15, -0.1) is 0 Å². The first kappa shape index (κ1) is 38.4. The molecule has 0 aromatic heterocycles. The second-order valence-electron chi connectivity index (χ2n) is 12.8. The van der Waals surface area contributed by atoms with Crippen molar-refractivity contribution in [1.82, 2.24) is 0 Å². The molecule has 4 fully saturated rings. The topological polar surface area (TPSA) is 265 Å². The van der Waals surface area contributed by atoms with Gasteiger partial charge in [-0.3, -0.25) is 0 Å². The van der Waals surface area contributed by atoms with E-state index in [4.69, 9.17) is 42.6 Å². The van der Waals surface area contributed by atoms with Gasteiger partial charge in [0.2, 0.25) is 6.29 Å². The number of aliphatic hydroxyl groups is 9. The quantitative estimate of drug-likeness (QED) is 0.120. The van der Waals surface area contributed by atoms with E-state index < -0.39 is 123 Å². The molecule has 0 aliphatic carbocycles. The molecule has 4 aliphatic heterocycles. The Balaban J connectivity index is 1.30. The van der Waals surface area contributed by atoms with Crippen molar-refractivity contribution in [3.63, 3.8) is 0 Å².